The number of carbonyl (C=O) groups excluding carboxylic acids is 2. The fourth-order valence-corrected chi connectivity index (χ4v) is 2.71. The maximum atomic E-state index is 12.4. The van der Waals surface area contributed by atoms with Crippen molar-refractivity contribution in [3.8, 4) is 5.75 Å². The standard InChI is InChI=1S/C21H27N3O3/c1-16-8-10-17(11-9-16)13-23(2)15-21(26)24(3)14-20(25)22-18-6-5-7-19(12-18)27-4/h5-12H,13-15H2,1-4H3,(H,22,25)/p+1. The van der Waals surface area contributed by atoms with Gasteiger partial charge in [0.1, 0.15) is 12.3 Å². The predicted molar refractivity (Wildman–Crippen MR) is 106 cm³/mol. The summed E-state index contributed by atoms with van der Waals surface area (Å²) in [6.07, 6.45) is 0. The van der Waals surface area contributed by atoms with Gasteiger partial charge in [0.15, 0.2) is 6.54 Å². The van der Waals surface area contributed by atoms with Crippen LogP contribution >= 0.6 is 0 Å². The van der Waals surface area contributed by atoms with Gasteiger partial charge < -0.3 is 19.9 Å². The van der Waals surface area contributed by atoms with Crippen LogP contribution in [-0.4, -0.2) is 51.0 Å². The van der Waals surface area contributed by atoms with Crippen molar-refractivity contribution >= 4 is 17.5 Å². The second kappa shape index (κ2) is 9.73. The number of hydrogen-bond acceptors (Lipinski definition) is 3. The normalized spacial score (nSPS) is 11.6. The molecular formula is C21H28N3O3+. The van der Waals surface area contributed by atoms with Gasteiger partial charge in [-0.2, -0.15) is 0 Å². The zero-order valence-electron chi connectivity index (χ0n) is 16.4. The number of amides is 2. The number of ether oxygens (including phenoxy) is 1. The van der Waals surface area contributed by atoms with Crippen molar-refractivity contribution < 1.29 is 19.2 Å². The lowest BCUT2D eigenvalue weighted by molar-refractivity contribution is -0.885. The molecule has 1 unspecified atom stereocenters. The first-order valence-corrected chi connectivity index (χ1v) is 8.92. The lowest BCUT2D eigenvalue weighted by Gasteiger charge is -2.20. The van der Waals surface area contributed by atoms with E-state index in [-0.39, 0.29) is 18.4 Å². The molecule has 0 saturated heterocycles. The molecule has 0 bridgehead atoms. The minimum absolute atomic E-state index is 0.00779. The largest absolute Gasteiger partial charge is 0.497 e. The van der Waals surface area contributed by atoms with Crippen LogP contribution in [0.5, 0.6) is 5.75 Å². The highest BCUT2D eigenvalue weighted by Gasteiger charge is 2.17. The number of quaternary nitrogens is 1. The van der Waals surface area contributed by atoms with Crippen LogP contribution in [0.3, 0.4) is 0 Å². The molecule has 2 N–H and O–H groups in total. The van der Waals surface area contributed by atoms with E-state index >= 15 is 0 Å². The summed E-state index contributed by atoms with van der Waals surface area (Å²) in [5.74, 6) is 0.356. The summed E-state index contributed by atoms with van der Waals surface area (Å²) in [6, 6.07) is 15.4. The Hall–Kier alpha value is -2.86. The molecule has 2 aromatic carbocycles. The minimum Gasteiger partial charge on any atom is -0.497 e. The second-order valence-electron chi connectivity index (χ2n) is 6.83. The molecule has 0 saturated carbocycles. The Kier molecular flexibility index (Phi) is 7.37. The molecule has 2 amide bonds. The highest BCUT2D eigenvalue weighted by Crippen LogP contribution is 2.16. The molecule has 2 aromatic rings. The molecule has 0 radical (unpaired) electrons. The number of carbonyl (C=O) groups is 2. The smallest absolute Gasteiger partial charge is 0.277 e. The Labute approximate surface area is 160 Å². The number of nitrogens with one attached hydrogen (secondary N) is 2. The number of methoxy groups -OCH3 is 1. The van der Waals surface area contributed by atoms with Crippen LogP contribution in [0.15, 0.2) is 48.5 Å². The summed E-state index contributed by atoms with van der Waals surface area (Å²) in [4.78, 5) is 27.1. The third kappa shape index (κ3) is 6.75. The Balaban J connectivity index is 1.81. The van der Waals surface area contributed by atoms with Crippen molar-refractivity contribution in [1.82, 2.24) is 4.90 Å². The van der Waals surface area contributed by atoms with Gasteiger partial charge in [-0.1, -0.05) is 35.9 Å². The van der Waals surface area contributed by atoms with Gasteiger partial charge in [0, 0.05) is 24.4 Å². The average Bonchev–Trinajstić information content (AvgIpc) is 2.63. The molecule has 0 spiro atoms. The second-order valence-corrected chi connectivity index (χ2v) is 6.83. The lowest BCUT2D eigenvalue weighted by atomic mass is 10.1. The summed E-state index contributed by atoms with van der Waals surface area (Å²) in [6.45, 7) is 3.15. The first-order valence-electron chi connectivity index (χ1n) is 8.92. The fraction of sp³-hybridized carbons (Fsp3) is 0.333. The summed E-state index contributed by atoms with van der Waals surface area (Å²) in [5.41, 5.74) is 3.04. The number of hydrogen-bond donors (Lipinski definition) is 2. The van der Waals surface area contributed by atoms with Crippen LogP contribution in [0.4, 0.5) is 5.69 Å². The maximum absolute atomic E-state index is 12.4. The van der Waals surface area contributed by atoms with Gasteiger partial charge in [0.2, 0.25) is 5.91 Å². The van der Waals surface area contributed by atoms with Gasteiger partial charge in [-0.05, 0) is 19.1 Å². The van der Waals surface area contributed by atoms with E-state index in [9.17, 15) is 9.59 Å². The first kappa shape index (κ1) is 20.5. The monoisotopic (exact) mass is 370 g/mol. The summed E-state index contributed by atoms with van der Waals surface area (Å²) in [7, 11) is 5.19. The Morgan fingerprint density at radius 2 is 1.85 bits per heavy atom. The topological polar surface area (TPSA) is 63.1 Å². The van der Waals surface area contributed by atoms with Crippen molar-refractivity contribution in [2.75, 3.05) is 39.6 Å². The number of nitrogens with zero attached hydrogens (tertiary/aromatic N) is 1. The van der Waals surface area contributed by atoms with Gasteiger partial charge in [-0.25, -0.2) is 0 Å². The first-order chi connectivity index (χ1) is 12.9. The van der Waals surface area contributed by atoms with E-state index in [1.807, 2.05) is 7.05 Å². The molecule has 0 aliphatic carbocycles. The minimum atomic E-state index is -0.240. The van der Waals surface area contributed by atoms with Gasteiger partial charge in [0.05, 0.1) is 20.7 Å². The van der Waals surface area contributed by atoms with E-state index < -0.39 is 0 Å². The lowest BCUT2D eigenvalue weighted by Crippen LogP contribution is -3.08. The van der Waals surface area contributed by atoms with Gasteiger partial charge >= 0.3 is 0 Å². The van der Waals surface area contributed by atoms with Crippen molar-refractivity contribution in [3.05, 3.63) is 59.7 Å². The molecule has 6 nitrogen and oxygen atoms in total. The Morgan fingerprint density at radius 1 is 1.15 bits per heavy atom. The van der Waals surface area contributed by atoms with E-state index in [4.69, 9.17) is 4.74 Å². The predicted octanol–water partition coefficient (Wildman–Crippen LogP) is 1.12. The molecule has 0 fully saturated rings. The van der Waals surface area contributed by atoms with E-state index in [0.717, 1.165) is 11.4 Å². The van der Waals surface area contributed by atoms with Crippen LogP contribution in [-0.2, 0) is 16.1 Å². The third-order valence-corrected chi connectivity index (χ3v) is 4.24. The molecule has 0 heterocycles. The Morgan fingerprint density at radius 3 is 2.52 bits per heavy atom. The van der Waals surface area contributed by atoms with Crippen LogP contribution in [0.2, 0.25) is 0 Å². The molecular weight excluding hydrogens is 342 g/mol. The van der Waals surface area contributed by atoms with Crippen molar-refractivity contribution in [1.29, 1.82) is 0 Å². The summed E-state index contributed by atoms with van der Waals surface area (Å²) in [5, 5.41) is 2.78. The highest BCUT2D eigenvalue weighted by molar-refractivity contribution is 5.94. The third-order valence-electron chi connectivity index (χ3n) is 4.24. The SMILES string of the molecule is COc1cccc(NC(=O)CN(C)C(=O)C[NH+](C)Cc2ccc(C)cc2)c1. The average molecular weight is 370 g/mol. The molecule has 2 rings (SSSR count). The summed E-state index contributed by atoms with van der Waals surface area (Å²) < 4.78 is 5.14. The number of likely N-dealkylation sites (N-methyl/N-ethyl adjacent to an activating group) is 2. The summed E-state index contributed by atoms with van der Waals surface area (Å²) >= 11 is 0. The van der Waals surface area contributed by atoms with Crippen LogP contribution < -0.4 is 15.0 Å². The molecule has 144 valence electrons. The maximum Gasteiger partial charge on any atom is 0.277 e. The van der Waals surface area contributed by atoms with Crippen LogP contribution in [0.1, 0.15) is 11.1 Å². The number of aryl methyl sites for hydroxylation is 1. The quantitative estimate of drug-likeness (QED) is 0.732. The van der Waals surface area contributed by atoms with Crippen molar-refractivity contribution in [2.24, 2.45) is 0 Å². The van der Waals surface area contributed by atoms with E-state index in [1.54, 1.807) is 38.4 Å². The molecule has 6 heteroatoms. The van der Waals surface area contributed by atoms with Crippen LogP contribution in [0, 0.1) is 6.92 Å². The zero-order chi connectivity index (χ0) is 19.8. The fourth-order valence-electron chi connectivity index (χ4n) is 2.71. The number of rotatable bonds is 8. The zero-order valence-corrected chi connectivity index (χ0v) is 16.4. The van der Waals surface area contributed by atoms with E-state index in [2.05, 4.69) is 36.5 Å². The molecule has 1 atom stereocenters. The van der Waals surface area contributed by atoms with Crippen molar-refractivity contribution in [3.63, 3.8) is 0 Å². The molecule has 0 aliphatic heterocycles. The van der Waals surface area contributed by atoms with Gasteiger partial charge in [-0.3, -0.25) is 9.59 Å². The van der Waals surface area contributed by atoms with Crippen molar-refractivity contribution in [2.45, 2.75) is 13.5 Å². The number of anilines is 1. The highest BCUT2D eigenvalue weighted by atomic mass is 16.5. The van der Waals surface area contributed by atoms with Gasteiger partial charge in [0.25, 0.3) is 5.91 Å². The molecule has 0 aliphatic rings. The Bertz CT molecular complexity index is 774. The molecule has 27 heavy (non-hydrogen) atoms. The van der Waals surface area contributed by atoms with Gasteiger partial charge in [-0.15, -0.1) is 0 Å². The van der Waals surface area contributed by atoms with E-state index in [1.165, 1.54) is 16.0 Å². The number of benzene rings is 2. The van der Waals surface area contributed by atoms with E-state index in [0.29, 0.717) is 18.0 Å². The van der Waals surface area contributed by atoms with Crippen LogP contribution in [0.25, 0.3) is 0 Å². The molecule has 0 aromatic heterocycles.